The SMILES string of the molecule is CCn1ncnc1CC(=O)C(CN)C(C)C. The molecule has 1 heterocycles. The van der Waals surface area contributed by atoms with Gasteiger partial charge in [0.1, 0.15) is 17.9 Å². The van der Waals surface area contributed by atoms with Crippen molar-refractivity contribution >= 4 is 5.78 Å². The van der Waals surface area contributed by atoms with Gasteiger partial charge in [0.05, 0.1) is 6.42 Å². The van der Waals surface area contributed by atoms with Gasteiger partial charge < -0.3 is 5.73 Å². The molecule has 1 atom stereocenters. The van der Waals surface area contributed by atoms with Gasteiger partial charge in [-0.1, -0.05) is 13.8 Å². The maximum Gasteiger partial charge on any atom is 0.145 e. The van der Waals surface area contributed by atoms with Crippen LogP contribution in [0.2, 0.25) is 0 Å². The number of aromatic nitrogens is 3. The number of nitrogens with zero attached hydrogens (tertiary/aromatic N) is 3. The van der Waals surface area contributed by atoms with Gasteiger partial charge in [-0.15, -0.1) is 0 Å². The highest BCUT2D eigenvalue weighted by molar-refractivity contribution is 5.83. The number of hydrogen-bond donors (Lipinski definition) is 1. The zero-order chi connectivity index (χ0) is 12.1. The summed E-state index contributed by atoms with van der Waals surface area (Å²) < 4.78 is 1.74. The summed E-state index contributed by atoms with van der Waals surface area (Å²) in [4.78, 5) is 16.1. The summed E-state index contributed by atoms with van der Waals surface area (Å²) in [5, 5.41) is 4.04. The Labute approximate surface area is 96.0 Å². The van der Waals surface area contributed by atoms with Crippen LogP contribution in [0.5, 0.6) is 0 Å². The Bertz CT molecular complexity index is 346. The van der Waals surface area contributed by atoms with Gasteiger partial charge in [0, 0.05) is 19.0 Å². The van der Waals surface area contributed by atoms with Crippen LogP contribution in [0, 0.1) is 11.8 Å². The van der Waals surface area contributed by atoms with Crippen molar-refractivity contribution in [3.05, 3.63) is 12.2 Å². The summed E-state index contributed by atoms with van der Waals surface area (Å²) in [7, 11) is 0. The Morgan fingerprint density at radius 2 is 2.25 bits per heavy atom. The molecule has 0 fully saturated rings. The summed E-state index contributed by atoms with van der Waals surface area (Å²) in [6.07, 6.45) is 1.81. The molecule has 1 unspecified atom stereocenters. The van der Waals surface area contributed by atoms with Crippen LogP contribution in [0.3, 0.4) is 0 Å². The third-order valence-corrected chi connectivity index (χ3v) is 2.80. The maximum absolute atomic E-state index is 12.0. The zero-order valence-electron chi connectivity index (χ0n) is 10.2. The van der Waals surface area contributed by atoms with Gasteiger partial charge >= 0.3 is 0 Å². The lowest BCUT2D eigenvalue weighted by Gasteiger charge is -2.17. The monoisotopic (exact) mass is 224 g/mol. The molecule has 1 rings (SSSR count). The van der Waals surface area contributed by atoms with E-state index < -0.39 is 0 Å². The Hall–Kier alpha value is -1.23. The number of Topliss-reactive ketones (excluding diaryl/α,β-unsaturated/α-hetero) is 1. The van der Waals surface area contributed by atoms with Gasteiger partial charge in [-0.2, -0.15) is 5.10 Å². The van der Waals surface area contributed by atoms with Gasteiger partial charge in [0.2, 0.25) is 0 Å². The molecule has 0 radical (unpaired) electrons. The first kappa shape index (κ1) is 12.8. The van der Waals surface area contributed by atoms with Crippen LogP contribution >= 0.6 is 0 Å². The van der Waals surface area contributed by atoms with Crippen molar-refractivity contribution < 1.29 is 4.79 Å². The standard InChI is InChI=1S/C11H20N4O/c1-4-15-11(13-7-14-15)5-10(16)9(6-12)8(2)3/h7-9H,4-6,12H2,1-3H3. The molecule has 0 aromatic carbocycles. The van der Waals surface area contributed by atoms with Crippen molar-refractivity contribution in [3.8, 4) is 0 Å². The fourth-order valence-corrected chi connectivity index (χ4v) is 1.75. The summed E-state index contributed by atoms with van der Waals surface area (Å²) in [6, 6.07) is 0. The van der Waals surface area contributed by atoms with Gasteiger partial charge in [-0.05, 0) is 12.8 Å². The molecule has 1 aromatic rings. The van der Waals surface area contributed by atoms with Crippen LogP contribution in [0.15, 0.2) is 6.33 Å². The normalized spacial score (nSPS) is 13.1. The summed E-state index contributed by atoms with van der Waals surface area (Å²) in [6.45, 7) is 7.14. The minimum absolute atomic E-state index is 0.0815. The third-order valence-electron chi connectivity index (χ3n) is 2.80. The second kappa shape index (κ2) is 5.75. The molecule has 0 amide bonds. The van der Waals surface area contributed by atoms with Crippen LogP contribution < -0.4 is 5.73 Å². The van der Waals surface area contributed by atoms with E-state index in [1.807, 2.05) is 20.8 Å². The van der Waals surface area contributed by atoms with E-state index in [0.29, 0.717) is 13.0 Å². The topological polar surface area (TPSA) is 73.8 Å². The van der Waals surface area contributed by atoms with Crippen molar-refractivity contribution in [3.63, 3.8) is 0 Å². The highest BCUT2D eigenvalue weighted by Crippen LogP contribution is 2.12. The second-order valence-corrected chi connectivity index (χ2v) is 4.22. The molecule has 0 saturated carbocycles. The van der Waals surface area contributed by atoms with Gasteiger partial charge in [0.15, 0.2) is 0 Å². The van der Waals surface area contributed by atoms with Crippen LogP contribution in [0.25, 0.3) is 0 Å². The van der Waals surface area contributed by atoms with E-state index in [-0.39, 0.29) is 17.6 Å². The third kappa shape index (κ3) is 2.88. The van der Waals surface area contributed by atoms with Crippen molar-refractivity contribution in [2.45, 2.75) is 33.7 Å². The van der Waals surface area contributed by atoms with Crippen LogP contribution in [0.4, 0.5) is 0 Å². The number of hydrogen-bond acceptors (Lipinski definition) is 4. The molecular weight excluding hydrogens is 204 g/mol. The summed E-state index contributed by atoms with van der Waals surface area (Å²) in [5.74, 6) is 1.07. The van der Waals surface area contributed by atoms with Crippen LogP contribution in [-0.4, -0.2) is 27.1 Å². The van der Waals surface area contributed by atoms with E-state index in [4.69, 9.17) is 5.73 Å². The molecule has 0 spiro atoms. The first-order chi connectivity index (χ1) is 7.60. The molecule has 5 heteroatoms. The van der Waals surface area contributed by atoms with Gasteiger partial charge in [-0.3, -0.25) is 4.79 Å². The van der Waals surface area contributed by atoms with E-state index in [2.05, 4.69) is 10.1 Å². The number of nitrogens with two attached hydrogens (primary N) is 1. The highest BCUT2D eigenvalue weighted by atomic mass is 16.1. The van der Waals surface area contributed by atoms with E-state index in [1.54, 1.807) is 4.68 Å². The molecule has 0 aliphatic rings. The molecule has 16 heavy (non-hydrogen) atoms. The van der Waals surface area contributed by atoms with E-state index in [9.17, 15) is 4.79 Å². The molecule has 0 saturated heterocycles. The smallest absolute Gasteiger partial charge is 0.145 e. The maximum atomic E-state index is 12.0. The summed E-state index contributed by atoms with van der Waals surface area (Å²) >= 11 is 0. The number of carbonyl (C=O) groups excluding carboxylic acids is 1. The number of carbonyl (C=O) groups is 1. The average molecular weight is 224 g/mol. The molecule has 2 N–H and O–H groups in total. The van der Waals surface area contributed by atoms with Gasteiger partial charge in [0.25, 0.3) is 0 Å². The second-order valence-electron chi connectivity index (χ2n) is 4.22. The predicted molar refractivity (Wildman–Crippen MR) is 61.8 cm³/mol. The minimum Gasteiger partial charge on any atom is -0.330 e. The largest absolute Gasteiger partial charge is 0.330 e. The van der Waals surface area contributed by atoms with Crippen molar-refractivity contribution in [2.24, 2.45) is 17.6 Å². The van der Waals surface area contributed by atoms with Crippen molar-refractivity contribution in [1.29, 1.82) is 0 Å². The predicted octanol–water partition coefficient (Wildman–Crippen LogP) is 0.640. The number of rotatable bonds is 6. The van der Waals surface area contributed by atoms with Gasteiger partial charge in [-0.25, -0.2) is 9.67 Å². The lowest BCUT2D eigenvalue weighted by molar-refractivity contribution is -0.123. The number of ketones is 1. The molecule has 5 nitrogen and oxygen atoms in total. The van der Waals surface area contributed by atoms with E-state index >= 15 is 0 Å². The molecule has 1 aromatic heterocycles. The molecule has 0 aliphatic carbocycles. The van der Waals surface area contributed by atoms with E-state index in [0.717, 1.165) is 12.4 Å². The fourth-order valence-electron chi connectivity index (χ4n) is 1.75. The zero-order valence-corrected chi connectivity index (χ0v) is 10.2. The Kier molecular flexibility index (Phi) is 4.61. The molecular formula is C11H20N4O. The minimum atomic E-state index is -0.0815. The molecule has 0 aliphatic heterocycles. The Morgan fingerprint density at radius 1 is 1.56 bits per heavy atom. The first-order valence-electron chi connectivity index (χ1n) is 5.69. The quantitative estimate of drug-likeness (QED) is 0.769. The average Bonchev–Trinajstić information content (AvgIpc) is 2.65. The van der Waals surface area contributed by atoms with E-state index in [1.165, 1.54) is 6.33 Å². The van der Waals surface area contributed by atoms with Crippen molar-refractivity contribution in [1.82, 2.24) is 14.8 Å². The highest BCUT2D eigenvalue weighted by Gasteiger charge is 2.22. The summed E-state index contributed by atoms with van der Waals surface area (Å²) in [5.41, 5.74) is 5.61. The molecule has 90 valence electrons. The first-order valence-corrected chi connectivity index (χ1v) is 5.69. The van der Waals surface area contributed by atoms with Crippen molar-refractivity contribution in [2.75, 3.05) is 6.54 Å². The van der Waals surface area contributed by atoms with Crippen LogP contribution in [0.1, 0.15) is 26.6 Å². The molecule has 0 bridgehead atoms. The lowest BCUT2D eigenvalue weighted by Crippen LogP contribution is -2.30. The Balaban J connectivity index is 2.70. The lowest BCUT2D eigenvalue weighted by atomic mass is 9.90. The van der Waals surface area contributed by atoms with Crippen LogP contribution in [-0.2, 0) is 17.8 Å². The Morgan fingerprint density at radius 3 is 2.75 bits per heavy atom. The fraction of sp³-hybridized carbons (Fsp3) is 0.727. The number of aryl methyl sites for hydroxylation is 1.